The highest BCUT2D eigenvalue weighted by Gasteiger charge is 2.34. The Morgan fingerprint density at radius 1 is 1.25 bits per heavy atom. The highest BCUT2D eigenvalue weighted by atomic mass is 32.2. The Hall–Kier alpha value is -2.13. The summed E-state index contributed by atoms with van der Waals surface area (Å²) >= 11 is 0. The predicted molar refractivity (Wildman–Crippen MR) is 105 cm³/mol. The topological polar surface area (TPSA) is 116 Å². The van der Waals surface area contributed by atoms with Gasteiger partial charge in [0.05, 0.1) is 29.7 Å². The summed E-state index contributed by atoms with van der Waals surface area (Å²) in [5.41, 5.74) is 6.25. The molecule has 1 aromatic carbocycles. The number of piperidine rings is 1. The molecule has 1 saturated heterocycles. The third-order valence-corrected chi connectivity index (χ3v) is 5.62. The molecule has 0 aromatic heterocycles. The molecular weight excluding hydrogens is 384 g/mol. The van der Waals surface area contributed by atoms with Gasteiger partial charge in [-0.2, -0.15) is 0 Å². The van der Waals surface area contributed by atoms with E-state index in [1.807, 2.05) is 25.7 Å². The number of rotatable bonds is 4. The Balaban J connectivity index is 2.25. The van der Waals surface area contributed by atoms with Gasteiger partial charge in [0.2, 0.25) is 0 Å². The first-order valence-electron chi connectivity index (χ1n) is 9.01. The van der Waals surface area contributed by atoms with Crippen LogP contribution in [0.1, 0.15) is 44.0 Å². The van der Waals surface area contributed by atoms with Crippen LogP contribution in [-0.2, 0) is 24.1 Å². The van der Waals surface area contributed by atoms with Gasteiger partial charge in [0.1, 0.15) is 5.60 Å². The van der Waals surface area contributed by atoms with E-state index in [9.17, 15) is 18.0 Å². The number of anilines is 1. The Kier molecular flexibility index (Phi) is 6.40. The van der Waals surface area contributed by atoms with Crippen LogP contribution < -0.4 is 10.6 Å². The number of esters is 2. The standard InChI is InChI=1S/C19H28N2O6S/c1-19(2,3)27-17(22)12-8-9-21(16(20)10-12)13-6-7-14(18(23)26-4)15(11-13)28(5,24)25/h6-7,11-12,16H,8-10,20H2,1-5H3. The second-order valence-corrected chi connectivity index (χ2v) is 9.94. The van der Waals surface area contributed by atoms with Crippen LogP contribution in [0.4, 0.5) is 5.69 Å². The SMILES string of the molecule is COC(=O)c1ccc(N2CCC(C(=O)OC(C)(C)C)CC2N)cc1S(C)(=O)=O. The lowest BCUT2D eigenvalue weighted by atomic mass is 9.94. The molecule has 1 aromatic rings. The van der Waals surface area contributed by atoms with Crippen LogP contribution in [-0.4, -0.2) is 52.0 Å². The maximum Gasteiger partial charge on any atom is 0.339 e. The van der Waals surface area contributed by atoms with Crippen molar-refractivity contribution in [3.8, 4) is 0 Å². The molecule has 2 rings (SSSR count). The van der Waals surface area contributed by atoms with Gasteiger partial charge in [-0.15, -0.1) is 0 Å². The van der Waals surface area contributed by atoms with Gasteiger partial charge in [-0.05, 0) is 51.8 Å². The molecule has 0 bridgehead atoms. The lowest BCUT2D eigenvalue weighted by Crippen LogP contribution is -2.50. The Labute approximate surface area is 165 Å². The fourth-order valence-electron chi connectivity index (χ4n) is 3.19. The van der Waals surface area contributed by atoms with Gasteiger partial charge in [-0.3, -0.25) is 4.79 Å². The van der Waals surface area contributed by atoms with E-state index in [1.54, 1.807) is 6.07 Å². The van der Waals surface area contributed by atoms with E-state index in [4.69, 9.17) is 10.5 Å². The van der Waals surface area contributed by atoms with Crippen LogP contribution >= 0.6 is 0 Å². The van der Waals surface area contributed by atoms with Crippen LogP contribution in [0.3, 0.4) is 0 Å². The van der Waals surface area contributed by atoms with E-state index in [0.717, 1.165) is 6.26 Å². The summed E-state index contributed by atoms with van der Waals surface area (Å²) < 4.78 is 34.4. The van der Waals surface area contributed by atoms with Gasteiger partial charge in [0, 0.05) is 18.5 Å². The smallest absolute Gasteiger partial charge is 0.339 e. The third kappa shape index (κ3) is 5.23. The second kappa shape index (κ2) is 8.08. The van der Waals surface area contributed by atoms with E-state index in [2.05, 4.69) is 4.74 Å². The fourth-order valence-corrected chi connectivity index (χ4v) is 4.08. The molecule has 0 radical (unpaired) electrons. The highest BCUT2D eigenvalue weighted by Crippen LogP contribution is 2.30. The zero-order valence-corrected chi connectivity index (χ0v) is 17.7. The average Bonchev–Trinajstić information content (AvgIpc) is 2.58. The third-order valence-electron chi connectivity index (χ3n) is 4.49. The van der Waals surface area contributed by atoms with Gasteiger partial charge in [0.15, 0.2) is 9.84 Å². The van der Waals surface area contributed by atoms with E-state index >= 15 is 0 Å². The fraction of sp³-hybridized carbons (Fsp3) is 0.579. The lowest BCUT2D eigenvalue weighted by Gasteiger charge is -2.39. The van der Waals surface area contributed by atoms with E-state index in [0.29, 0.717) is 25.1 Å². The molecule has 9 heteroatoms. The number of nitrogens with zero attached hydrogens (tertiary/aromatic N) is 1. The van der Waals surface area contributed by atoms with Crippen molar-refractivity contribution in [2.75, 3.05) is 24.8 Å². The van der Waals surface area contributed by atoms with E-state index < -0.39 is 27.6 Å². The quantitative estimate of drug-likeness (QED) is 0.743. The molecule has 1 aliphatic heterocycles. The minimum Gasteiger partial charge on any atom is -0.465 e. The summed E-state index contributed by atoms with van der Waals surface area (Å²) in [6.07, 6.45) is 1.48. The zero-order valence-electron chi connectivity index (χ0n) is 16.9. The Morgan fingerprint density at radius 2 is 1.89 bits per heavy atom. The van der Waals surface area contributed by atoms with Gasteiger partial charge >= 0.3 is 11.9 Å². The van der Waals surface area contributed by atoms with Crippen LogP contribution in [0.15, 0.2) is 23.1 Å². The normalized spacial score (nSPS) is 20.6. The number of nitrogens with two attached hydrogens (primary N) is 1. The van der Waals surface area contributed by atoms with Crippen LogP contribution in [0.2, 0.25) is 0 Å². The number of carbonyl (C=O) groups excluding carboxylic acids is 2. The molecule has 1 fully saturated rings. The van der Waals surface area contributed by atoms with Crippen LogP contribution in [0.5, 0.6) is 0 Å². The summed E-state index contributed by atoms with van der Waals surface area (Å²) in [5.74, 6) is -1.31. The van der Waals surface area contributed by atoms with Gasteiger partial charge < -0.3 is 20.1 Å². The van der Waals surface area contributed by atoms with Crippen molar-refractivity contribution in [3.63, 3.8) is 0 Å². The summed E-state index contributed by atoms with van der Waals surface area (Å²) in [6, 6.07) is 4.48. The van der Waals surface area contributed by atoms with Crippen molar-refractivity contribution in [1.29, 1.82) is 0 Å². The van der Waals surface area contributed by atoms with Crippen molar-refractivity contribution >= 4 is 27.5 Å². The minimum absolute atomic E-state index is 0.0223. The molecule has 156 valence electrons. The summed E-state index contributed by atoms with van der Waals surface area (Å²) in [5, 5.41) is 0. The van der Waals surface area contributed by atoms with Crippen molar-refractivity contribution in [2.24, 2.45) is 11.7 Å². The van der Waals surface area contributed by atoms with Crippen molar-refractivity contribution < 1.29 is 27.5 Å². The number of sulfone groups is 1. The minimum atomic E-state index is -3.65. The van der Waals surface area contributed by atoms with E-state index in [-0.39, 0.29) is 22.3 Å². The molecular formula is C19H28N2O6S. The molecule has 0 aliphatic carbocycles. The zero-order chi connectivity index (χ0) is 21.3. The largest absolute Gasteiger partial charge is 0.465 e. The molecule has 2 N–H and O–H groups in total. The van der Waals surface area contributed by atoms with Crippen molar-refractivity contribution in [1.82, 2.24) is 0 Å². The number of ether oxygens (including phenoxy) is 2. The van der Waals surface area contributed by atoms with Crippen molar-refractivity contribution in [3.05, 3.63) is 23.8 Å². The Bertz CT molecular complexity index is 860. The molecule has 0 saturated carbocycles. The molecule has 2 atom stereocenters. The Morgan fingerprint density at radius 3 is 2.39 bits per heavy atom. The summed E-state index contributed by atoms with van der Waals surface area (Å²) in [7, 11) is -2.46. The predicted octanol–water partition coefficient (Wildman–Crippen LogP) is 1.72. The first kappa shape index (κ1) is 22.2. The number of carbonyl (C=O) groups is 2. The molecule has 1 aliphatic rings. The van der Waals surface area contributed by atoms with E-state index in [1.165, 1.54) is 19.2 Å². The monoisotopic (exact) mass is 412 g/mol. The lowest BCUT2D eigenvalue weighted by molar-refractivity contribution is -0.161. The molecule has 28 heavy (non-hydrogen) atoms. The number of methoxy groups -OCH3 is 1. The van der Waals surface area contributed by atoms with Gasteiger partial charge in [-0.25, -0.2) is 13.2 Å². The van der Waals surface area contributed by atoms with Gasteiger partial charge in [0.25, 0.3) is 0 Å². The number of hydrogen-bond acceptors (Lipinski definition) is 8. The molecule has 0 amide bonds. The molecule has 8 nitrogen and oxygen atoms in total. The van der Waals surface area contributed by atoms with Crippen LogP contribution in [0, 0.1) is 5.92 Å². The first-order chi connectivity index (χ1) is 12.8. The maximum absolute atomic E-state index is 12.3. The highest BCUT2D eigenvalue weighted by molar-refractivity contribution is 7.90. The summed E-state index contributed by atoms with van der Waals surface area (Å²) in [4.78, 5) is 25.9. The van der Waals surface area contributed by atoms with Gasteiger partial charge in [-0.1, -0.05) is 0 Å². The second-order valence-electron chi connectivity index (χ2n) is 7.96. The van der Waals surface area contributed by atoms with Crippen molar-refractivity contribution in [2.45, 2.75) is 50.3 Å². The maximum atomic E-state index is 12.3. The van der Waals surface area contributed by atoms with Crippen LogP contribution in [0.25, 0.3) is 0 Å². The molecule has 1 heterocycles. The molecule has 0 spiro atoms. The molecule has 2 unspecified atom stereocenters. The average molecular weight is 413 g/mol. The summed E-state index contributed by atoms with van der Waals surface area (Å²) in [6.45, 7) is 5.91. The number of benzene rings is 1. The first-order valence-corrected chi connectivity index (χ1v) is 10.9. The number of hydrogen-bond donors (Lipinski definition) is 1.